The van der Waals surface area contributed by atoms with Crippen LogP contribution in [-0.2, 0) is 11.2 Å². The summed E-state index contributed by atoms with van der Waals surface area (Å²) in [5.74, 6) is 0.734. The lowest BCUT2D eigenvalue weighted by Gasteiger charge is -2.20. The van der Waals surface area contributed by atoms with Gasteiger partial charge in [0.05, 0.1) is 17.6 Å². The molecule has 2 heterocycles. The predicted octanol–water partition coefficient (Wildman–Crippen LogP) is 5.05. The number of aromatic nitrogens is 2. The fraction of sp³-hybridized carbons (Fsp3) is 0.292. The van der Waals surface area contributed by atoms with Gasteiger partial charge in [-0.05, 0) is 55.9 Å². The molecule has 0 bridgehead atoms. The van der Waals surface area contributed by atoms with E-state index in [0.717, 1.165) is 60.3 Å². The van der Waals surface area contributed by atoms with Crippen LogP contribution in [0, 0.1) is 6.92 Å². The Labute approximate surface area is 186 Å². The second-order valence-corrected chi connectivity index (χ2v) is 8.66. The number of thiazole rings is 1. The van der Waals surface area contributed by atoms with Crippen molar-refractivity contribution in [3.8, 4) is 0 Å². The van der Waals surface area contributed by atoms with Gasteiger partial charge in [0.25, 0.3) is 5.91 Å². The zero-order valence-electron chi connectivity index (χ0n) is 17.6. The van der Waals surface area contributed by atoms with E-state index in [1.165, 1.54) is 16.9 Å². The molecule has 0 fully saturated rings. The Balaban J connectivity index is 1.38. The Morgan fingerprint density at radius 3 is 2.65 bits per heavy atom. The van der Waals surface area contributed by atoms with Gasteiger partial charge in [0.1, 0.15) is 5.82 Å². The first-order chi connectivity index (χ1) is 15.1. The Kier molecular flexibility index (Phi) is 6.62. The second-order valence-electron chi connectivity index (χ2n) is 7.77. The number of amides is 1. The molecule has 1 aliphatic carbocycles. The highest BCUT2D eigenvalue weighted by atomic mass is 32.1. The minimum Gasteiger partial charge on any atom is -0.375 e. The zero-order chi connectivity index (χ0) is 21.6. The molecular weight excluding hydrogens is 406 g/mol. The number of nitrogens with zero attached hydrogens (tertiary/aromatic N) is 2. The molecule has 160 valence electrons. The molecule has 1 aliphatic rings. The van der Waals surface area contributed by atoms with Crippen LogP contribution in [0.4, 0.5) is 16.6 Å². The molecule has 2 aromatic heterocycles. The number of hydrogen-bond acceptors (Lipinski definition) is 6. The molecule has 1 aromatic carbocycles. The summed E-state index contributed by atoms with van der Waals surface area (Å²) in [6.07, 6.45) is 6.39. The van der Waals surface area contributed by atoms with Gasteiger partial charge in [-0.25, -0.2) is 9.97 Å². The minimum absolute atomic E-state index is 0.0288. The topological polar surface area (TPSA) is 92.9 Å². The molecule has 0 saturated heterocycles. The summed E-state index contributed by atoms with van der Waals surface area (Å²) in [5.41, 5.74) is 11.8. The van der Waals surface area contributed by atoms with Crippen LogP contribution < -0.4 is 16.4 Å². The van der Waals surface area contributed by atoms with E-state index < -0.39 is 0 Å². The molecule has 7 heteroatoms. The molecule has 0 aliphatic heterocycles. The molecule has 0 spiro atoms. The van der Waals surface area contributed by atoms with Crippen LogP contribution in [0.3, 0.4) is 0 Å². The molecule has 31 heavy (non-hydrogen) atoms. The first-order valence-corrected chi connectivity index (χ1v) is 11.5. The van der Waals surface area contributed by atoms with E-state index in [1.807, 2.05) is 17.5 Å². The summed E-state index contributed by atoms with van der Waals surface area (Å²) < 4.78 is 0. The van der Waals surface area contributed by atoms with Crippen molar-refractivity contribution in [2.75, 3.05) is 22.9 Å². The highest BCUT2D eigenvalue weighted by molar-refractivity contribution is 7.13. The van der Waals surface area contributed by atoms with Crippen LogP contribution in [-0.4, -0.2) is 22.4 Å². The number of nitrogens with two attached hydrogens (primary N) is 1. The predicted molar refractivity (Wildman–Crippen MR) is 128 cm³/mol. The number of allylic oxidation sites excluding steroid dienone is 1. The fourth-order valence-electron chi connectivity index (χ4n) is 3.76. The highest BCUT2D eigenvalue weighted by Gasteiger charge is 2.20. The van der Waals surface area contributed by atoms with E-state index in [0.29, 0.717) is 17.4 Å². The number of carbonyl (C=O) groups excluding carboxylic acids is 1. The Bertz CT molecular complexity index is 1070. The molecule has 4 N–H and O–H groups in total. The molecule has 0 unspecified atom stereocenters. The van der Waals surface area contributed by atoms with Gasteiger partial charge in [-0.1, -0.05) is 29.8 Å². The van der Waals surface area contributed by atoms with Crippen LogP contribution in [0.5, 0.6) is 0 Å². The Morgan fingerprint density at radius 1 is 1.13 bits per heavy atom. The van der Waals surface area contributed by atoms with E-state index in [1.54, 1.807) is 6.20 Å². The second kappa shape index (κ2) is 9.75. The lowest BCUT2D eigenvalue weighted by atomic mass is 9.86. The zero-order valence-corrected chi connectivity index (χ0v) is 18.5. The van der Waals surface area contributed by atoms with Crippen LogP contribution in [0.15, 0.2) is 53.5 Å². The van der Waals surface area contributed by atoms with Crippen LogP contribution in [0.1, 0.15) is 42.5 Å². The van der Waals surface area contributed by atoms with Gasteiger partial charge in [0.15, 0.2) is 5.13 Å². The maximum absolute atomic E-state index is 13.0. The van der Waals surface area contributed by atoms with E-state index in [4.69, 9.17) is 5.73 Å². The monoisotopic (exact) mass is 433 g/mol. The number of nitrogen functional groups attached to an aromatic ring is 1. The molecule has 0 atom stereocenters. The number of anilines is 3. The lowest BCUT2D eigenvalue weighted by molar-refractivity contribution is -0.113. The quantitative estimate of drug-likeness (QED) is 0.485. The van der Waals surface area contributed by atoms with Gasteiger partial charge in [0.2, 0.25) is 0 Å². The summed E-state index contributed by atoms with van der Waals surface area (Å²) >= 11 is 1.45. The number of rotatable bonds is 7. The van der Waals surface area contributed by atoms with Crippen molar-refractivity contribution in [2.24, 2.45) is 0 Å². The maximum atomic E-state index is 13.0. The number of nitrogens with one attached hydrogen (secondary N) is 2. The molecule has 6 nitrogen and oxygen atoms in total. The molecule has 0 radical (unpaired) electrons. The van der Waals surface area contributed by atoms with Crippen molar-refractivity contribution in [3.05, 3.63) is 70.4 Å². The van der Waals surface area contributed by atoms with Gasteiger partial charge in [-0.2, -0.15) is 0 Å². The normalized spacial score (nSPS) is 13.8. The van der Waals surface area contributed by atoms with Gasteiger partial charge in [-0.15, -0.1) is 11.3 Å². The third-order valence-electron chi connectivity index (χ3n) is 5.42. The number of carbonyl (C=O) groups is 1. The van der Waals surface area contributed by atoms with E-state index in [2.05, 4.69) is 51.8 Å². The molecule has 3 aromatic rings. The van der Waals surface area contributed by atoms with E-state index >= 15 is 0 Å². The lowest BCUT2D eigenvalue weighted by Crippen LogP contribution is -2.18. The SMILES string of the molecule is Cc1ccc(C2=C(C(=O)Nc3ccc(NCCc4csc(N)n4)nc3)CCCC2)cc1. The smallest absolute Gasteiger partial charge is 0.251 e. The molecule has 0 saturated carbocycles. The van der Waals surface area contributed by atoms with E-state index in [-0.39, 0.29) is 5.91 Å². The summed E-state index contributed by atoms with van der Waals surface area (Å²) in [5, 5.41) is 8.85. The first kappa shape index (κ1) is 21.1. The summed E-state index contributed by atoms with van der Waals surface area (Å²) in [6.45, 7) is 2.79. The number of aryl methyl sites for hydroxylation is 1. The first-order valence-electron chi connectivity index (χ1n) is 10.6. The van der Waals surface area contributed by atoms with Crippen LogP contribution >= 0.6 is 11.3 Å². The highest BCUT2D eigenvalue weighted by Crippen LogP contribution is 2.33. The standard InChI is InChI=1S/C24H27N5OS/c1-16-6-8-17(9-7-16)20-4-2-3-5-21(20)23(30)28-18-10-11-22(27-14-18)26-13-12-19-15-31-24(25)29-19/h6-11,14-15H,2-5,12-13H2,1H3,(H2,25,29)(H,26,27)(H,28,30). The summed E-state index contributed by atoms with van der Waals surface area (Å²) in [6, 6.07) is 12.2. The average molecular weight is 434 g/mol. The minimum atomic E-state index is -0.0288. The van der Waals surface area contributed by atoms with Gasteiger partial charge in [-0.3, -0.25) is 4.79 Å². The van der Waals surface area contributed by atoms with Gasteiger partial charge < -0.3 is 16.4 Å². The van der Waals surface area contributed by atoms with Crippen molar-refractivity contribution in [2.45, 2.75) is 39.0 Å². The third-order valence-corrected chi connectivity index (χ3v) is 6.14. The van der Waals surface area contributed by atoms with Crippen molar-refractivity contribution in [1.29, 1.82) is 0 Å². The summed E-state index contributed by atoms with van der Waals surface area (Å²) in [4.78, 5) is 21.7. The molecular formula is C24H27N5OS. The Morgan fingerprint density at radius 2 is 1.94 bits per heavy atom. The van der Waals surface area contributed by atoms with Crippen molar-refractivity contribution >= 4 is 39.5 Å². The van der Waals surface area contributed by atoms with Crippen LogP contribution in [0.2, 0.25) is 0 Å². The maximum Gasteiger partial charge on any atom is 0.251 e. The average Bonchev–Trinajstić information content (AvgIpc) is 3.20. The van der Waals surface area contributed by atoms with E-state index in [9.17, 15) is 4.79 Å². The number of pyridine rings is 1. The fourth-order valence-corrected chi connectivity index (χ4v) is 4.36. The number of benzene rings is 1. The van der Waals surface area contributed by atoms with Gasteiger partial charge >= 0.3 is 0 Å². The molecule has 1 amide bonds. The van der Waals surface area contributed by atoms with Crippen molar-refractivity contribution in [1.82, 2.24) is 9.97 Å². The largest absolute Gasteiger partial charge is 0.375 e. The van der Waals surface area contributed by atoms with Crippen molar-refractivity contribution in [3.63, 3.8) is 0 Å². The van der Waals surface area contributed by atoms with Crippen LogP contribution in [0.25, 0.3) is 5.57 Å². The third kappa shape index (κ3) is 5.49. The number of hydrogen-bond donors (Lipinski definition) is 3. The van der Waals surface area contributed by atoms with Gasteiger partial charge in [0, 0.05) is 23.9 Å². The molecule has 4 rings (SSSR count). The summed E-state index contributed by atoms with van der Waals surface area (Å²) in [7, 11) is 0. The van der Waals surface area contributed by atoms with Crippen molar-refractivity contribution < 1.29 is 4.79 Å². The Hall–Kier alpha value is -3.19.